The molecule has 1 aromatic heterocycles. The van der Waals surface area contributed by atoms with Gasteiger partial charge in [-0.25, -0.2) is 4.98 Å². The zero-order valence-electron chi connectivity index (χ0n) is 8.20. The number of benzene rings is 1. The van der Waals surface area contributed by atoms with Gasteiger partial charge in [0.25, 0.3) is 0 Å². The molecule has 0 unspecified atom stereocenters. The van der Waals surface area contributed by atoms with Crippen molar-refractivity contribution < 1.29 is 0 Å². The Bertz CT molecular complexity index is 536. The van der Waals surface area contributed by atoms with E-state index in [2.05, 4.69) is 11.1 Å². The van der Waals surface area contributed by atoms with Crippen LogP contribution in [-0.4, -0.2) is 4.98 Å². The number of hydrogen-bond acceptors (Lipinski definition) is 2. The molecule has 2 heteroatoms. The zero-order chi connectivity index (χ0) is 10.1. The van der Waals surface area contributed by atoms with E-state index in [4.69, 9.17) is 5.26 Å². The molecular formula is C12H10N2. The van der Waals surface area contributed by atoms with E-state index in [1.807, 2.05) is 38.1 Å². The SMILES string of the molecule is Cc1ccc2cc(C)nc(C#N)c2c1. The lowest BCUT2D eigenvalue weighted by molar-refractivity contribution is 1.19. The molecule has 68 valence electrons. The molecule has 0 N–H and O–H groups in total. The molecule has 1 heterocycles. The Morgan fingerprint density at radius 2 is 2.00 bits per heavy atom. The second-order valence-electron chi connectivity index (χ2n) is 3.45. The van der Waals surface area contributed by atoms with Crippen molar-refractivity contribution in [2.75, 3.05) is 0 Å². The Morgan fingerprint density at radius 1 is 1.21 bits per heavy atom. The molecule has 2 rings (SSSR count). The first kappa shape index (κ1) is 8.71. The fourth-order valence-corrected chi connectivity index (χ4v) is 1.58. The maximum absolute atomic E-state index is 8.94. The number of rotatable bonds is 0. The van der Waals surface area contributed by atoms with Crippen molar-refractivity contribution in [3.8, 4) is 6.07 Å². The van der Waals surface area contributed by atoms with Crippen molar-refractivity contribution >= 4 is 10.8 Å². The van der Waals surface area contributed by atoms with Crippen molar-refractivity contribution in [3.63, 3.8) is 0 Å². The third-order valence-corrected chi connectivity index (χ3v) is 2.22. The first-order valence-corrected chi connectivity index (χ1v) is 4.49. The predicted octanol–water partition coefficient (Wildman–Crippen LogP) is 2.72. The van der Waals surface area contributed by atoms with Gasteiger partial charge in [-0.15, -0.1) is 0 Å². The summed E-state index contributed by atoms with van der Waals surface area (Å²) in [4.78, 5) is 4.20. The third kappa shape index (κ3) is 1.33. The van der Waals surface area contributed by atoms with Crippen molar-refractivity contribution in [3.05, 3.63) is 41.2 Å². The van der Waals surface area contributed by atoms with E-state index >= 15 is 0 Å². The Labute approximate surface area is 82.8 Å². The zero-order valence-corrected chi connectivity index (χ0v) is 8.20. The van der Waals surface area contributed by atoms with Crippen molar-refractivity contribution in [2.24, 2.45) is 0 Å². The molecule has 0 spiro atoms. The van der Waals surface area contributed by atoms with Gasteiger partial charge in [-0.3, -0.25) is 0 Å². The molecule has 14 heavy (non-hydrogen) atoms. The standard InChI is InChI=1S/C12H10N2/c1-8-3-4-10-6-9(2)14-12(7-13)11(10)5-8/h3-6H,1-2H3. The lowest BCUT2D eigenvalue weighted by Gasteiger charge is -2.02. The normalized spacial score (nSPS) is 10.1. The van der Waals surface area contributed by atoms with Gasteiger partial charge in [0.05, 0.1) is 0 Å². The second kappa shape index (κ2) is 3.12. The van der Waals surface area contributed by atoms with Gasteiger partial charge in [-0.1, -0.05) is 17.7 Å². The Kier molecular flexibility index (Phi) is 1.94. The van der Waals surface area contributed by atoms with E-state index in [-0.39, 0.29) is 0 Å². The molecule has 0 fully saturated rings. The third-order valence-electron chi connectivity index (χ3n) is 2.22. The van der Waals surface area contributed by atoms with Crippen LogP contribution in [-0.2, 0) is 0 Å². The molecule has 0 bridgehead atoms. The van der Waals surface area contributed by atoms with Crippen molar-refractivity contribution in [1.82, 2.24) is 4.98 Å². The average molecular weight is 182 g/mol. The van der Waals surface area contributed by atoms with Crippen LogP contribution < -0.4 is 0 Å². The lowest BCUT2D eigenvalue weighted by atomic mass is 10.1. The monoisotopic (exact) mass is 182 g/mol. The summed E-state index contributed by atoms with van der Waals surface area (Å²) in [6.45, 7) is 3.92. The number of fused-ring (bicyclic) bond motifs is 1. The molecule has 0 amide bonds. The van der Waals surface area contributed by atoms with Gasteiger partial charge >= 0.3 is 0 Å². The summed E-state index contributed by atoms with van der Waals surface area (Å²) >= 11 is 0. The van der Waals surface area contributed by atoms with Gasteiger partial charge in [0.15, 0.2) is 0 Å². The van der Waals surface area contributed by atoms with Crippen LogP contribution >= 0.6 is 0 Å². The Balaban J connectivity index is 2.90. The van der Waals surface area contributed by atoms with Gasteiger partial charge in [0.1, 0.15) is 11.8 Å². The van der Waals surface area contributed by atoms with Crippen LogP contribution in [0.5, 0.6) is 0 Å². The minimum absolute atomic E-state index is 0.517. The maximum atomic E-state index is 8.94. The van der Waals surface area contributed by atoms with E-state index in [0.717, 1.165) is 22.0 Å². The van der Waals surface area contributed by atoms with Gasteiger partial charge in [0, 0.05) is 11.1 Å². The van der Waals surface area contributed by atoms with Crippen molar-refractivity contribution in [2.45, 2.75) is 13.8 Å². The number of aryl methyl sites for hydroxylation is 2. The molecule has 0 saturated carbocycles. The largest absolute Gasteiger partial charge is 0.242 e. The number of nitriles is 1. The minimum Gasteiger partial charge on any atom is -0.242 e. The summed E-state index contributed by atoms with van der Waals surface area (Å²) < 4.78 is 0. The van der Waals surface area contributed by atoms with Gasteiger partial charge < -0.3 is 0 Å². The van der Waals surface area contributed by atoms with Crippen LogP contribution in [0.1, 0.15) is 17.0 Å². The Hall–Kier alpha value is -1.88. The summed E-state index contributed by atoms with van der Waals surface area (Å²) in [6, 6.07) is 10.2. The molecule has 0 aliphatic rings. The fraction of sp³-hybridized carbons (Fsp3) is 0.167. The van der Waals surface area contributed by atoms with Crippen LogP contribution in [0.2, 0.25) is 0 Å². The molecule has 0 radical (unpaired) electrons. The van der Waals surface area contributed by atoms with E-state index in [1.165, 1.54) is 0 Å². The lowest BCUT2D eigenvalue weighted by Crippen LogP contribution is -1.89. The van der Waals surface area contributed by atoms with Gasteiger partial charge in [-0.05, 0) is 31.4 Å². The first-order valence-electron chi connectivity index (χ1n) is 4.49. The van der Waals surface area contributed by atoms with Crippen molar-refractivity contribution in [1.29, 1.82) is 5.26 Å². The molecule has 0 saturated heterocycles. The predicted molar refractivity (Wildman–Crippen MR) is 55.9 cm³/mol. The summed E-state index contributed by atoms with van der Waals surface area (Å²) in [5.41, 5.74) is 2.56. The number of aromatic nitrogens is 1. The highest BCUT2D eigenvalue weighted by Gasteiger charge is 2.02. The van der Waals surface area contributed by atoms with Crippen LogP contribution in [0.15, 0.2) is 24.3 Å². The summed E-state index contributed by atoms with van der Waals surface area (Å²) in [5, 5.41) is 11.0. The highest BCUT2D eigenvalue weighted by Crippen LogP contribution is 2.19. The quantitative estimate of drug-likeness (QED) is 0.628. The molecular weight excluding hydrogens is 172 g/mol. The first-order chi connectivity index (χ1) is 6.70. The second-order valence-corrected chi connectivity index (χ2v) is 3.45. The number of pyridine rings is 1. The average Bonchev–Trinajstić information content (AvgIpc) is 2.17. The smallest absolute Gasteiger partial charge is 0.148 e. The summed E-state index contributed by atoms with van der Waals surface area (Å²) in [7, 11) is 0. The van der Waals surface area contributed by atoms with E-state index in [1.54, 1.807) is 0 Å². The van der Waals surface area contributed by atoms with E-state index < -0.39 is 0 Å². The van der Waals surface area contributed by atoms with E-state index in [0.29, 0.717) is 5.69 Å². The van der Waals surface area contributed by atoms with Crippen LogP contribution in [0.4, 0.5) is 0 Å². The van der Waals surface area contributed by atoms with Crippen LogP contribution in [0.25, 0.3) is 10.8 Å². The van der Waals surface area contributed by atoms with Gasteiger partial charge in [0.2, 0.25) is 0 Å². The molecule has 2 aromatic rings. The number of nitrogens with zero attached hydrogens (tertiary/aromatic N) is 2. The van der Waals surface area contributed by atoms with Crippen LogP contribution in [0.3, 0.4) is 0 Å². The summed E-state index contributed by atoms with van der Waals surface area (Å²) in [6.07, 6.45) is 0. The maximum Gasteiger partial charge on any atom is 0.148 e. The molecule has 0 aliphatic heterocycles. The number of hydrogen-bond donors (Lipinski definition) is 0. The Morgan fingerprint density at radius 3 is 2.71 bits per heavy atom. The topological polar surface area (TPSA) is 36.7 Å². The molecule has 0 aliphatic carbocycles. The highest BCUT2D eigenvalue weighted by atomic mass is 14.7. The highest BCUT2D eigenvalue weighted by molar-refractivity contribution is 5.87. The van der Waals surface area contributed by atoms with E-state index in [9.17, 15) is 0 Å². The molecule has 1 aromatic carbocycles. The molecule has 0 atom stereocenters. The fourth-order valence-electron chi connectivity index (χ4n) is 1.58. The van der Waals surface area contributed by atoms with Crippen LogP contribution in [0, 0.1) is 25.2 Å². The van der Waals surface area contributed by atoms with Gasteiger partial charge in [-0.2, -0.15) is 5.26 Å². The summed E-state index contributed by atoms with van der Waals surface area (Å²) in [5.74, 6) is 0. The minimum atomic E-state index is 0.517. The molecule has 2 nitrogen and oxygen atoms in total.